The van der Waals surface area contributed by atoms with Crippen molar-refractivity contribution in [2.24, 2.45) is 5.92 Å². The highest BCUT2D eigenvalue weighted by Crippen LogP contribution is 2.37. The summed E-state index contributed by atoms with van der Waals surface area (Å²) in [6, 6.07) is 1.78. The van der Waals surface area contributed by atoms with Gasteiger partial charge in [-0.3, -0.25) is 4.90 Å². The minimum Gasteiger partial charge on any atom is -0.313 e. The van der Waals surface area contributed by atoms with Crippen molar-refractivity contribution in [1.29, 1.82) is 0 Å². The van der Waals surface area contributed by atoms with Crippen LogP contribution in [0.15, 0.2) is 0 Å². The van der Waals surface area contributed by atoms with Crippen molar-refractivity contribution in [2.45, 2.75) is 44.2 Å². The van der Waals surface area contributed by atoms with Gasteiger partial charge < -0.3 is 5.32 Å². The van der Waals surface area contributed by atoms with E-state index in [1.807, 2.05) is 0 Å². The number of rotatable bonds is 2. The van der Waals surface area contributed by atoms with Crippen molar-refractivity contribution >= 4 is 0 Å². The average Bonchev–Trinajstić information content (AvgIpc) is 2.77. The number of hydrogen-bond donors (Lipinski definition) is 1. The molecular formula is C11H20N2. The first-order valence-corrected chi connectivity index (χ1v) is 5.89. The van der Waals surface area contributed by atoms with Crippen LogP contribution in [0.4, 0.5) is 0 Å². The van der Waals surface area contributed by atoms with Gasteiger partial charge in [0.25, 0.3) is 0 Å². The molecule has 1 saturated carbocycles. The molecule has 0 aromatic heterocycles. The van der Waals surface area contributed by atoms with E-state index in [0.29, 0.717) is 0 Å². The van der Waals surface area contributed by atoms with Crippen LogP contribution in [0.5, 0.6) is 0 Å². The number of fused-ring (bicyclic) bond motifs is 2. The van der Waals surface area contributed by atoms with Gasteiger partial charge in [-0.05, 0) is 44.6 Å². The molecule has 3 atom stereocenters. The van der Waals surface area contributed by atoms with Gasteiger partial charge >= 0.3 is 0 Å². The Bertz CT molecular complexity index is 187. The van der Waals surface area contributed by atoms with Crippen LogP contribution in [0.25, 0.3) is 0 Å². The maximum Gasteiger partial charge on any atom is 0.0195 e. The second kappa shape index (κ2) is 3.25. The summed E-state index contributed by atoms with van der Waals surface area (Å²) >= 11 is 0. The number of piperidine rings is 1. The predicted molar refractivity (Wildman–Crippen MR) is 53.7 cm³/mol. The van der Waals surface area contributed by atoms with E-state index >= 15 is 0 Å². The molecular weight excluding hydrogens is 160 g/mol. The molecule has 2 nitrogen and oxygen atoms in total. The molecule has 1 aliphatic carbocycles. The van der Waals surface area contributed by atoms with Gasteiger partial charge in [-0.15, -0.1) is 0 Å². The van der Waals surface area contributed by atoms with Crippen molar-refractivity contribution in [3.05, 3.63) is 0 Å². The number of hydrogen-bond acceptors (Lipinski definition) is 2. The van der Waals surface area contributed by atoms with E-state index < -0.39 is 0 Å². The minimum absolute atomic E-state index is 0.819. The molecule has 13 heavy (non-hydrogen) atoms. The highest BCUT2D eigenvalue weighted by Gasteiger charge is 2.38. The zero-order valence-corrected chi connectivity index (χ0v) is 8.34. The number of nitrogens with zero attached hydrogens (tertiary/aromatic N) is 1. The van der Waals surface area contributed by atoms with Gasteiger partial charge in [-0.1, -0.05) is 0 Å². The van der Waals surface area contributed by atoms with Crippen LogP contribution in [0.2, 0.25) is 0 Å². The second-order valence-electron chi connectivity index (χ2n) is 5.08. The molecule has 74 valence electrons. The fourth-order valence-corrected chi connectivity index (χ4v) is 3.45. The summed E-state index contributed by atoms with van der Waals surface area (Å²) in [6.45, 7) is 4.00. The van der Waals surface area contributed by atoms with Gasteiger partial charge in [0.15, 0.2) is 0 Å². The van der Waals surface area contributed by atoms with Crippen molar-refractivity contribution in [1.82, 2.24) is 10.2 Å². The zero-order chi connectivity index (χ0) is 8.67. The van der Waals surface area contributed by atoms with Crippen LogP contribution >= 0.6 is 0 Å². The Morgan fingerprint density at radius 2 is 2.23 bits per heavy atom. The summed E-state index contributed by atoms with van der Waals surface area (Å²) in [5.41, 5.74) is 0. The smallest absolute Gasteiger partial charge is 0.0195 e. The van der Waals surface area contributed by atoms with Crippen LogP contribution in [0, 0.1) is 5.92 Å². The van der Waals surface area contributed by atoms with Crippen LogP contribution in [-0.4, -0.2) is 36.6 Å². The Morgan fingerprint density at radius 1 is 1.23 bits per heavy atom. The molecule has 2 bridgehead atoms. The first-order valence-electron chi connectivity index (χ1n) is 5.89. The van der Waals surface area contributed by atoms with Gasteiger partial charge in [-0.2, -0.15) is 0 Å². The van der Waals surface area contributed by atoms with E-state index in [9.17, 15) is 0 Å². The fourth-order valence-electron chi connectivity index (χ4n) is 3.45. The van der Waals surface area contributed by atoms with Crippen LogP contribution in [0.3, 0.4) is 0 Å². The molecule has 2 unspecified atom stereocenters. The third-order valence-corrected chi connectivity index (χ3v) is 4.14. The fraction of sp³-hybridized carbons (Fsp3) is 1.00. The van der Waals surface area contributed by atoms with E-state index in [1.54, 1.807) is 0 Å². The molecule has 0 aromatic rings. The standard InChI is InChI=1S/C11H20N2/c1-2-10(12-5-1)8-13-7-9-3-4-11(13)6-9/h9-12H,1-8H2/t9?,10-,11?/m0/s1. The lowest BCUT2D eigenvalue weighted by atomic mass is 10.1. The molecule has 2 saturated heterocycles. The molecule has 0 radical (unpaired) electrons. The van der Waals surface area contributed by atoms with E-state index in [1.165, 1.54) is 51.7 Å². The maximum absolute atomic E-state index is 3.60. The van der Waals surface area contributed by atoms with E-state index in [-0.39, 0.29) is 0 Å². The van der Waals surface area contributed by atoms with E-state index in [0.717, 1.165) is 18.0 Å². The summed E-state index contributed by atoms with van der Waals surface area (Å²) in [4.78, 5) is 2.75. The molecule has 0 spiro atoms. The first-order chi connectivity index (χ1) is 6.42. The normalized spacial score (nSPS) is 44.8. The summed E-state index contributed by atoms with van der Waals surface area (Å²) in [6.07, 6.45) is 7.31. The maximum atomic E-state index is 3.60. The summed E-state index contributed by atoms with van der Waals surface area (Å²) in [7, 11) is 0. The zero-order valence-electron chi connectivity index (χ0n) is 8.34. The molecule has 2 aliphatic heterocycles. The summed E-state index contributed by atoms with van der Waals surface area (Å²) in [5, 5.41) is 3.60. The van der Waals surface area contributed by atoms with Gasteiger partial charge in [0.05, 0.1) is 0 Å². The van der Waals surface area contributed by atoms with Crippen molar-refractivity contribution < 1.29 is 0 Å². The highest BCUT2D eigenvalue weighted by molar-refractivity contribution is 4.94. The average molecular weight is 180 g/mol. The molecule has 3 fully saturated rings. The Morgan fingerprint density at radius 3 is 2.85 bits per heavy atom. The van der Waals surface area contributed by atoms with Gasteiger partial charge in [0.2, 0.25) is 0 Å². The Kier molecular flexibility index (Phi) is 2.06. The lowest BCUT2D eigenvalue weighted by molar-refractivity contribution is 0.196. The third kappa shape index (κ3) is 1.50. The van der Waals surface area contributed by atoms with Crippen LogP contribution in [-0.2, 0) is 0 Å². The van der Waals surface area contributed by atoms with Crippen LogP contribution < -0.4 is 5.32 Å². The topological polar surface area (TPSA) is 15.3 Å². The van der Waals surface area contributed by atoms with E-state index in [4.69, 9.17) is 0 Å². The minimum atomic E-state index is 0.819. The Hall–Kier alpha value is -0.0800. The van der Waals surface area contributed by atoms with Crippen molar-refractivity contribution in [2.75, 3.05) is 19.6 Å². The van der Waals surface area contributed by atoms with Crippen LogP contribution in [0.1, 0.15) is 32.1 Å². The molecule has 3 rings (SSSR count). The molecule has 2 heteroatoms. The molecule has 1 N–H and O–H groups in total. The number of nitrogens with one attached hydrogen (secondary N) is 1. The van der Waals surface area contributed by atoms with Gasteiger partial charge in [0.1, 0.15) is 0 Å². The highest BCUT2D eigenvalue weighted by atomic mass is 15.2. The Labute approximate surface area is 80.7 Å². The van der Waals surface area contributed by atoms with E-state index in [2.05, 4.69) is 10.2 Å². The molecule has 0 amide bonds. The number of likely N-dealkylation sites (tertiary alicyclic amines) is 1. The lowest BCUT2D eigenvalue weighted by Crippen LogP contribution is -2.41. The quantitative estimate of drug-likeness (QED) is 0.687. The predicted octanol–water partition coefficient (Wildman–Crippen LogP) is 1.22. The lowest BCUT2D eigenvalue weighted by Gasteiger charge is -2.29. The first kappa shape index (κ1) is 8.25. The SMILES string of the molecule is C1CN[C@H](CN2CC3CCC2C3)C1. The second-order valence-corrected chi connectivity index (χ2v) is 5.08. The molecule has 0 aromatic carbocycles. The molecule has 3 aliphatic rings. The molecule has 2 heterocycles. The van der Waals surface area contributed by atoms with Crippen molar-refractivity contribution in [3.63, 3.8) is 0 Å². The summed E-state index contributed by atoms with van der Waals surface area (Å²) < 4.78 is 0. The summed E-state index contributed by atoms with van der Waals surface area (Å²) in [5.74, 6) is 1.06. The monoisotopic (exact) mass is 180 g/mol. The van der Waals surface area contributed by atoms with Gasteiger partial charge in [0, 0.05) is 25.2 Å². The van der Waals surface area contributed by atoms with Crippen molar-refractivity contribution in [3.8, 4) is 0 Å². The largest absolute Gasteiger partial charge is 0.313 e. The van der Waals surface area contributed by atoms with Gasteiger partial charge in [-0.25, -0.2) is 0 Å². The third-order valence-electron chi connectivity index (χ3n) is 4.14. The Balaban J connectivity index is 1.55.